The Balaban J connectivity index is 1.62. The minimum absolute atomic E-state index is 0.0286. The molecule has 1 fully saturated rings. The van der Waals surface area contributed by atoms with Crippen LogP contribution in [0.2, 0.25) is 10.0 Å². The Morgan fingerprint density at radius 1 is 1.21 bits per heavy atom. The molecule has 1 heterocycles. The average Bonchev–Trinajstić information content (AvgIpc) is 2.91. The number of hydrogen-bond acceptors (Lipinski definition) is 4. The summed E-state index contributed by atoms with van der Waals surface area (Å²) in [5, 5.41) is 3.06. The number of nitrogens with one attached hydrogen (secondary N) is 1. The van der Waals surface area contributed by atoms with Crippen LogP contribution >= 0.6 is 47.2 Å². The highest BCUT2D eigenvalue weighted by Gasteiger charge is 2.32. The fourth-order valence-electron chi connectivity index (χ4n) is 2.44. The Morgan fingerprint density at radius 2 is 1.96 bits per heavy atom. The average molecular weight is 455 g/mol. The maximum Gasteiger partial charge on any atom is 0.266 e. The lowest BCUT2D eigenvalue weighted by atomic mass is 10.2. The van der Waals surface area contributed by atoms with E-state index in [1.807, 2.05) is 6.07 Å². The zero-order chi connectivity index (χ0) is 20.3. The number of rotatable bonds is 5. The van der Waals surface area contributed by atoms with Gasteiger partial charge in [0.25, 0.3) is 5.91 Å². The Kier molecular flexibility index (Phi) is 6.72. The number of anilines is 1. The fraction of sp³-hybridized carbons (Fsp3) is 0.105. The van der Waals surface area contributed by atoms with Gasteiger partial charge in [-0.2, -0.15) is 0 Å². The van der Waals surface area contributed by atoms with Crippen LogP contribution in [0.1, 0.15) is 12.0 Å². The number of hydrogen-bond donors (Lipinski definition) is 1. The number of carbonyl (C=O) groups excluding carboxylic acids is 2. The Labute approximate surface area is 180 Å². The van der Waals surface area contributed by atoms with E-state index in [9.17, 15) is 14.0 Å². The predicted octanol–water partition coefficient (Wildman–Crippen LogP) is 5.36. The van der Waals surface area contributed by atoms with Crippen LogP contribution in [0.5, 0.6) is 0 Å². The summed E-state index contributed by atoms with van der Waals surface area (Å²) >= 11 is 18.2. The maximum absolute atomic E-state index is 13.2. The summed E-state index contributed by atoms with van der Waals surface area (Å²) in [6.45, 7) is 0.130. The van der Waals surface area contributed by atoms with E-state index in [2.05, 4.69) is 5.32 Å². The van der Waals surface area contributed by atoms with Gasteiger partial charge in [0.2, 0.25) is 5.91 Å². The molecule has 4 nitrogen and oxygen atoms in total. The van der Waals surface area contributed by atoms with Gasteiger partial charge in [-0.3, -0.25) is 14.5 Å². The van der Waals surface area contributed by atoms with Gasteiger partial charge in [0.1, 0.15) is 10.1 Å². The van der Waals surface area contributed by atoms with Crippen molar-refractivity contribution >= 4 is 75.1 Å². The van der Waals surface area contributed by atoms with Crippen LogP contribution in [-0.4, -0.2) is 27.6 Å². The number of thioether (sulfide) groups is 1. The molecular formula is C19H13Cl2FN2O2S2. The molecule has 3 rings (SSSR count). The molecule has 2 aromatic rings. The van der Waals surface area contributed by atoms with Crippen LogP contribution in [0.3, 0.4) is 0 Å². The highest BCUT2D eigenvalue weighted by atomic mass is 35.5. The maximum atomic E-state index is 13.2. The molecule has 0 radical (unpaired) electrons. The fourth-order valence-corrected chi connectivity index (χ4v) is 4.11. The largest absolute Gasteiger partial charge is 0.326 e. The van der Waals surface area contributed by atoms with E-state index < -0.39 is 5.82 Å². The van der Waals surface area contributed by atoms with Crippen molar-refractivity contribution in [2.75, 3.05) is 11.9 Å². The van der Waals surface area contributed by atoms with Gasteiger partial charge < -0.3 is 5.32 Å². The second kappa shape index (κ2) is 9.05. The molecule has 9 heteroatoms. The van der Waals surface area contributed by atoms with E-state index in [4.69, 9.17) is 35.4 Å². The molecular weight excluding hydrogens is 442 g/mol. The van der Waals surface area contributed by atoms with Crippen LogP contribution in [-0.2, 0) is 9.59 Å². The summed E-state index contributed by atoms with van der Waals surface area (Å²) in [6.07, 6.45) is 1.71. The molecule has 0 saturated carbocycles. The third-order valence-corrected chi connectivity index (χ3v) is 5.84. The molecule has 0 atom stereocenters. The first-order chi connectivity index (χ1) is 13.3. The Morgan fingerprint density at radius 3 is 2.68 bits per heavy atom. The molecule has 1 aliphatic heterocycles. The van der Waals surface area contributed by atoms with Gasteiger partial charge in [-0.1, -0.05) is 65.4 Å². The number of thiocarbonyl (C=S) groups is 1. The van der Waals surface area contributed by atoms with Crippen molar-refractivity contribution in [2.24, 2.45) is 0 Å². The van der Waals surface area contributed by atoms with Crippen LogP contribution in [0.25, 0.3) is 6.08 Å². The third-order valence-electron chi connectivity index (χ3n) is 3.83. The minimum atomic E-state index is -0.567. The lowest BCUT2D eigenvalue weighted by molar-refractivity contribution is -0.122. The Bertz CT molecular complexity index is 998. The number of nitrogens with zero attached hydrogens (tertiary/aromatic N) is 1. The van der Waals surface area contributed by atoms with E-state index in [0.29, 0.717) is 19.9 Å². The van der Waals surface area contributed by atoms with Crippen LogP contribution < -0.4 is 5.32 Å². The van der Waals surface area contributed by atoms with Gasteiger partial charge >= 0.3 is 0 Å². The summed E-state index contributed by atoms with van der Waals surface area (Å²) in [4.78, 5) is 26.6. The number of benzene rings is 2. The molecule has 2 amide bonds. The highest BCUT2D eigenvalue weighted by Crippen LogP contribution is 2.33. The quantitative estimate of drug-likeness (QED) is 0.487. The minimum Gasteiger partial charge on any atom is -0.326 e. The van der Waals surface area contributed by atoms with Gasteiger partial charge in [-0.15, -0.1) is 0 Å². The Hall–Kier alpha value is -1.93. The van der Waals surface area contributed by atoms with E-state index in [-0.39, 0.29) is 29.8 Å². The smallest absolute Gasteiger partial charge is 0.266 e. The predicted molar refractivity (Wildman–Crippen MR) is 116 cm³/mol. The lowest BCUT2D eigenvalue weighted by Crippen LogP contribution is -2.31. The first-order valence-electron chi connectivity index (χ1n) is 8.10. The second-order valence-corrected chi connectivity index (χ2v) is 8.27. The molecule has 0 aliphatic carbocycles. The van der Waals surface area contributed by atoms with Gasteiger partial charge in [-0.05, 0) is 35.9 Å². The van der Waals surface area contributed by atoms with E-state index in [1.54, 1.807) is 24.3 Å². The molecule has 1 aliphatic rings. The SMILES string of the molecule is O=C(CCN1C(=O)/C(=C/c2ccccc2Cl)SC1=S)Nc1ccc(F)c(Cl)c1. The summed E-state index contributed by atoms with van der Waals surface area (Å²) in [6, 6.07) is 11.1. The standard InChI is InChI=1S/C19H13Cl2FN2O2S2/c20-13-4-2-1-3-11(13)9-16-18(26)24(19(27)28-16)8-7-17(25)23-12-5-6-15(22)14(21)10-12/h1-6,9-10H,7-8H2,(H,23,25)/b16-9-. The summed E-state index contributed by atoms with van der Waals surface area (Å²) in [7, 11) is 0. The van der Waals surface area contributed by atoms with Crippen LogP contribution in [0, 0.1) is 5.82 Å². The highest BCUT2D eigenvalue weighted by molar-refractivity contribution is 8.26. The first-order valence-corrected chi connectivity index (χ1v) is 10.1. The van der Waals surface area contributed by atoms with Crippen molar-refractivity contribution in [1.82, 2.24) is 4.90 Å². The zero-order valence-corrected chi connectivity index (χ0v) is 17.4. The molecule has 144 valence electrons. The molecule has 0 spiro atoms. The van der Waals surface area contributed by atoms with Gasteiger partial charge in [-0.25, -0.2) is 4.39 Å². The van der Waals surface area contributed by atoms with Crippen molar-refractivity contribution in [3.8, 4) is 0 Å². The second-order valence-electron chi connectivity index (χ2n) is 5.78. The molecule has 2 aromatic carbocycles. The normalized spacial score (nSPS) is 15.4. The van der Waals surface area contributed by atoms with Crippen molar-refractivity contribution < 1.29 is 14.0 Å². The third kappa shape index (κ3) is 4.91. The molecule has 28 heavy (non-hydrogen) atoms. The van der Waals surface area contributed by atoms with Crippen molar-refractivity contribution in [2.45, 2.75) is 6.42 Å². The van der Waals surface area contributed by atoms with Gasteiger partial charge in [0.05, 0.1) is 9.93 Å². The van der Waals surface area contributed by atoms with Crippen LogP contribution in [0.15, 0.2) is 47.4 Å². The monoisotopic (exact) mass is 454 g/mol. The summed E-state index contributed by atoms with van der Waals surface area (Å²) < 4.78 is 13.5. The van der Waals surface area contributed by atoms with Crippen molar-refractivity contribution in [3.63, 3.8) is 0 Å². The number of carbonyl (C=O) groups is 2. The molecule has 0 aromatic heterocycles. The van der Waals surface area contributed by atoms with E-state index >= 15 is 0 Å². The van der Waals surface area contributed by atoms with Crippen molar-refractivity contribution in [3.05, 3.63) is 68.8 Å². The molecule has 0 unspecified atom stereocenters. The van der Waals surface area contributed by atoms with Crippen molar-refractivity contribution in [1.29, 1.82) is 0 Å². The van der Waals surface area contributed by atoms with E-state index in [1.165, 1.54) is 23.1 Å². The summed E-state index contributed by atoms with van der Waals surface area (Å²) in [5.74, 6) is -1.18. The van der Waals surface area contributed by atoms with Gasteiger partial charge in [0.15, 0.2) is 0 Å². The number of halogens is 3. The van der Waals surface area contributed by atoms with Crippen LogP contribution in [0.4, 0.5) is 10.1 Å². The zero-order valence-electron chi connectivity index (χ0n) is 14.2. The molecule has 1 N–H and O–H groups in total. The first kappa shape index (κ1) is 20.8. The number of amides is 2. The topological polar surface area (TPSA) is 49.4 Å². The lowest BCUT2D eigenvalue weighted by Gasteiger charge is -2.14. The van der Waals surface area contributed by atoms with Gasteiger partial charge in [0, 0.05) is 23.7 Å². The molecule has 1 saturated heterocycles. The molecule has 0 bridgehead atoms. The van der Waals surface area contributed by atoms with E-state index in [0.717, 1.165) is 17.3 Å². The summed E-state index contributed by atoms with van der Waals surface area (Å²) in [5.41, 5.74) is 1.09.